The van der Waals surface area contributed by atoms with Gasteiger partial charge in [0.1, 0.15) is 11.6 Å². The fraction of sp³-hybridized carbons (Fsp3) is 0.100. The number of benzene rings is 2. The third kappa shape index (κ3) is 4.40. The topological polar surface area (TPSA) is 141 Å². The minimum absolute atomic E-state index is 0.0583. The Bertz CT molecular complexity index is 1230. The highest BCUT2D eigenvalue weighted by molar-refractivity contribution is 5.92. The number of H-pyrrole nitrogens is 1. The van der Waals surface area contributed by atoms with Gasteiger partial charge in [-0.1, -0.05) is 6.07 Å². The molecule has 0 spiro atoms. The minimum atomic E-state index is -0.488. The van der Waals surface area contributed by atoms with Gasteiger partial charge in [0.2, 0.25) is 0 Å². The molecule has 2 aromatic heterocycles. The molecule has 0 aliphatic carbocycles. The molecule has 0 aliphatic heterocycles. The van der Waals surface area contributed by atoms with Crippen molar-refractivity contribution in [3.63, 3.8) is 0 Å². The number of non-ortho nitro benzene ring substituents is 1. The Morgan fingerprint density at radius 3 is 2.77 bits per heavy atom. The maximum atomic E-state index is 12.4. The minimum Gasteiger partial charge on any atom is -0.497 e. The summed E-state index contributed by atoms with van der Waals surface area (Å²) in [6, 6.07) is 14.8. The quantitative estimate of drug-likeness (QED) is 0.346. The Hall–Kier alpha value is -4.54. The van der Waals surface area contributed by atoms with Gasteiger partial charge >= 0.3 is 0 Å². The fourth-order valence-electron chi connectivity index (χ4n) is 2.84. The van der Waals surface area contributed by atoms with Crippen molar-refractivity contribution in [3.8, 4) is 22.8 Å². The molecule has 1 amide bonds. The van der Waals surface area contributed by atoms with E-state index in [-0.39, 0.29) is 17.9 Å². The lowest BCUT2D eigenvalue weighted by Crippen LogP contribution is -2.24. The van der Waals surface area contributed by atoms with Gasteiger partial charge in [-0.25, -0.2) is 9.67 Å². The van der Waals surface area contributed by atoms with Crippen LogP contribution in [0.3, 0.4) is 0 Å². The second-order valence-corrected chi connectivity index (χ2v) is 6.44. The smallest absolute Gasteiger partial charge is 0.272 e. The van der Waals surface area contributed by atoms with Crippen molar-refractivity contribution in [3.05, 3.63) is 82.4 Å². The van der Waals surface area contributed by atoms with Crippen LogP contribution in [0.4, 0.5) is 5.69 Å². The number of rotatable bonds is 7. The van der Waals surface area contributed by atoms with E-state index in [2.05, 4.69) is 25.6 Å². The summed E-state index contributed by atoms with van der Waals surface area (Å²) in [4.78, 5) is 27.2. The average molecular weight is 419 g/mol. The molecule has 0 saturated heterocycles. The van der Waals surface area contributed by atoms with E-state index in [9.17, 15) is 14.9 Å². The SMILES string of the molecule is COc1ccc(-c2n[nH]c(CNC(=O)c3ccn(-c4cccc([N+](=O)[O-])c4)n3)n2)cc1. The van der Waals surface area contributed by atoms with Crippen molar-refractivity contribution < 1.29 is 14.5 Å². The zero-order valence-electron chi connectivity index (χ0n) is 16.3. The molecule has 0 aliphatic rings. The fourth-order valence-corrected chi connectivity index (χ4v) is 2.84. The maximum Gasteiger partial charge on any atom is 0.272 e. The zero-order valence-corrected chi connectivity index (χ0v) is 16.3. The molecule has 0 saturated carbocycles. The first-order chi connectivity index (χ1) is 15.0. The second kappa shape index (κ2) is 8.45. The molecule has 2 aromatic carbocycles. The Morgan fingerprint density at radius 1 is 1.23 bits per heavy atom. The van der Waals surface area contributed by atoms with Gasteiger partial charge in [-0.3, -0.25) is 20.0 Å². The standard InChI is InChI=1S/C20H17N7O4/c1-31-16-7-5-13(6-8-16)19-22-18(23-24-19)12-21-20(28)17-9-10-26(25-17)14-3-2-4-15(11-14)27(29)30/h2-11H,12H2,1H3,(H,21,28)(H,22,23,24). The van der Waals surface area contributed by atoms with Crippen LogP contribution in [0.5, 0.6) is 5.75 Å². The number of methoxy groups -OCH3 is 1. The van der Waals surface area contributed by atoms with Crippen molar-refractivity contribution in [1.82, 2.24) is 30.3 Å². The van der Waals surface area contributed by atoms with Gasteiger partial charge in [-0.2, -0.15) is 10.2 Å². The summed E-state index contributed by atoms with van der Waals surface area (Å²) < 4.78 is 6.53. The summed E-state index contributed by atoms with van der Waals surface area (Å²) in [6.07, 6.45) is 1.56. The van der Waals surface area contributed by atoms with Gasteiger partial charge < -0.3 is 10.1 Å². The normalized spacial score (nSPS) is 10.6. The Morgan fingerprint density at radius 2 is 2.03 bits per heavy atom. The van der Waals surface area contributed by atoms with Crippen LogP contribution in [-0.4, -0.2) is 42.9 Å². The van der Waals surface area contributed by atoms with Crippen LogP contribution in [0.1, 0.15) is 16.3 Å². The van der Waals surface area contributed by atoms with Crippen LogP contribution < -0.4 is 10.1 Å². The molecule has 11 heteroatoms. The third-order valence-electron chi connectivity index (χ3n) is 4.42. The molecule has 11 nitrogen and oxygen atoms in total. The monoisotopic (exact) mass is 419 g/mol. The van der Waals surface area contributed by atoms with Crippen molar-refractivity contribution in [2.75, 3.05) is 7.11 Å². The number of nitro groups is 1. The first-order valence-electron chi connectivity index (χ1n) is 9.18. The summed E-state index contributed by atoms with van der Waals surface area (Å²) in [6.45, 7) is 0.131. The molecule has 0 bridgehead atoms. The Balaban J connectivity index is 1.40. The summed E-state index contributed by atoms with van der Waals surface area (Å²) in [7, 11) is 1.59. The number of hydrogen-bond donors (Lipinski definition) is 2. The lowest BCUT2D eigenvalue weighted by molar-refractivity contribution is -0.384. The van der Waals surface area contributed by atoms with Crippen LogP contribution in [-0.2, 0) is 6.54 Å². The highest BCUT2D eigenvalue weighted by Crippen LogP contribution is 2.19. The molecule has 0 unspecified atom stereocenters. The number of carbonyl (C=O) groups is 1. The van der Waals surface area contributed by atoms with E-state index in [0.29, 0.717) is 17.3 Å². The van der Waals surface area contributed by atoms with Crippen molar-refractivity contribution in [2.45, 2.75) is 6.54 Å². The third-order valence-corrected chi connectivity index (χ3v) is 4.42. The van der Waals surface area contributed by atoms with E-state index in [1.54, 1.807) is 25.4 Å². The molecule has 4 aromatic rings. The van der Waals surface area contributed by atoms with E-state index >= 15 is 0 Å². The van der Waals surface area contributed by atoms with E-state index < -0.39 is 10.8 Å². The van der Waals surface area contributed by atoms with Crippen molar-refractivity contribution in [1.29, 1.82) is 0 Å². The molecule has 0 atom stereocenters. The highest BCUT2D eigenvalue weighted by Gasteiger charge is 2.13. The first-order valence-corrected chi connectivity index (χ1v) is 9.18. The average Bonchev–Trinajstić information content (AvgIpc) is 3.48. The molecule has 2 heterocycles. The van der Waals surface area contributed by atoms with Crippen molar-refractivity contribution in [2.24, 2.45) is 0 Å². The van der Waals surface area contributed by atoms with Gasteiger partial charge in [0.25, 0.3) is 11.6 Å². The van der Waals surface area contributed by atoms with Crippen molar-refractivity contribution >= 4 is 11.6 Å². The predicted molar refractivity (Wildman–Crippen MR) is 110 cm³/mol. The molecular weight excluding hydrogens is 402 g/mol. The molecule has 4 rings (SSSR count). The second-order valence-electron chi connectivity index (χ2n) is 6.44. The number of hydrogen-bond acceptors (Lipinski definition) is 7. The van der Waals surface area contributed by atoms with Crippen LogP contribution in [0.2, 0.25) is 0 Å². The summed E-state index contributed by atoms with van der Waals surface area (Å²) >= 11 is 0. The van der Waals surface area contributed by atoms with Gasteiger partial charge in [-0.15, -0.1) is 0 Å². The van der Waals surface area contributed by atoms with E-state index in [1.165, 1.54) is 22.9 Å². The number of nitrogens with one attached hydrogen (secondary N) is 2. The molecule has 156 valence electrons. The molecular formula is C20H17N7O4. The van der Waals surface area contributed by atoms with Gasteiger partial charge in [0.05, 0.1) is 24.3 Å². The number of carbonyl (C=O) groups excluding carboxylic acids is 1. The highest BCUT2D eigenvalue weighted by atomic mass is 16.6. The maximum absolute atomic E-state index is 12.4. The number of nitrogens with zero attached hydrogens (tertiary/aromatic N) is 5. The lowest BCUT2D eigenvalue weighted by atomic mass is 10.2. The largest absolute Gasteiger partial charge is 0.497 e. The van der Waals surface area contributed by atoms with Crippen LogP contribution in [0, 0.1) is 10.1 Å². The lowest BCUT2D eigenvalue weighted by Gasteiger charge is -2.02. The van der Waals surface area contributed by atoms with E-state index in [0.717, 1.165) is 11.3 Å². The molecule has 0 radical (unpaired) electrons. The van der Waals surface area contributed by atoms with E-state index in [4.69, 9.17) is 4.74 Å². The summed E-state index contributed by atoms with van der Waals surface area (Å²) in [5.41, 5.74) is 1.40. The number of ether oxygens (including phenoxy) is 1. The molecule has 31 heavy (non-hydrogen) atoms. The van der Waals surface area contributed by atoms with Crippen LogP contribution >= 0.6 is 0 Å². The Labute approximate surface area is 175 Å². The van der Waals surface area contributed by atoms with Gasteiger partial charge in [-0.05, 0) is 36.4 Å². The number of amides is 1. The first kappa shape index (κ1) is 19.8. The van der Waals surface area contributed by atoms with Gasteiger partial charge in [0.15, 0.2) is 11.5 Å². The molecule has 2 N–H and O–H groups in total. The van der Waals surface area contributed by atoms with E-state index in [1.807, 2.05) is 24.3 Å². The summed E-state index contributed by atoms with van der Waals surface area (Å²) in [5.74, 6) is 1.31. The van der Waals surface area contributed by atoms with Crippen LogP contribution in [0.25, 0.3) is 17.1 Å². The zero-order chi connectivity index (χ0) is 21.8. The number of nitro benzene ring substituents is 1. The summed E-state index contributed by atoms with van der Waals surface area (Å²) in [5, 5.41) is 24.8. The number of aromatic amines is 1. The van der Waals surface area contributed by atoms with Crippen LogP contribution in [0.15, 0.2) is 60.8 Å². The molecule has 0 fully saturated rings. The number of aromatic nitrogens is 5. The Kier molecular flexibility index (Phi) is 5.39. The predicted octanol–water partition coefficient (Wildman–Crippen LogP) is 2.50. The van der Waals surface area contributed by atoms with Gasteiger partial charge in [0, 0.05) is 23.9 Å².